The van der Waals surface area contributed by atoms with E-state index in [1.165, 1.54) is 37.4 Å². The van der Waals surface area contributed by atoms with Crippen molar-refractivity contribution in [2.24, 2.45) is 0 Å². The fourth-order valence-electron chi connectivity index (χ4n) is 1.64. The van der Waals surface area contributed by atoms with Crippen molar-refractivity contribution < 1.29 is 42.7 Å². The summed E-state index contributed by atoms with van der Waals surface area (Å²) in [5, 5.41) is 0. The molecule has 0 aliphatic rings. The van der Waals surface area contributed by atoms with Crippen molar-refractivity contribution >= 4 is 27.1 Å². The zero-order valence-electron chi connectivity index (χ0n) is 11.8. The van der Waals surface area contributed by atoms with E-state index in [1.807, 2.05) is 0 Å². The Bertz CT molecular complexity index is 718. The Kier molecular flexibility index (Phi) is 5.91. The first kappa shape index (κ1) is 17.6. The summed E-state index contributed by atoms with van der Waals surface area (Å²) in [5.41, 5.74) is 14.0. The molecule has 21 heavy (non-hydrogen) atoms. The van der Waals surface area contributed by atoms with Crippen LogP contribution in [0.2, 0.25) is 0 Å². The summed E-state index contributed by atoms with van der Waals surface area (Å²) in [6, 6.07) is 10.5. The molecular formula is C13H14N3NaO3S. The predicted molar refractivity (Wildman–Crippen MR) is 78.6 cm³/mol. The second-order valence-corrected chi connectivity index (χ2v) is 5.74. The van der Waals surface area contributed by atoms with Gasteiger partial charge < -0.3 is 16.2 Å². The summed E-state index contributed by atoms with van der Waals surface area (Å²) in [7, 11) is -2.34. The molecule has 0 atom stereocenters. The van der Waals surface area contributed by atoms with Crippen LogP contribution in [-0.2, 0) is 10.0 Å². The molecule has 0 aromatic heterocycles. The molecule has 2 aromatic rings. The topological polar surface area (TPSA) is 105 Å². The average Bonchev–Trinajstić information content (AvgIpc) is 2.41. The number of rotatable bonds is 4. The molecule has 0 saturated carbocycles. The second kappa shape index (κ2) is 7.04. The van der Waals surface area contributed by atoms with Crippen LogP contribution in [-0.4, -0.2) is 15.5 Å². The summed E-state index contributed by atoms with van der Waals surface area (Å²) >= 11 is 0. The monoisotopic (exact) mass is 315 g/mol. The van der Waals surface area contributed by atoms with Crippen LogP contribution >= 0.6 is 0 Å². The Balaban J connectivity index is 0.00000220. The molecule has 4 N–H and O–H groups in total. The van der Waals surface area contributed by atoms with Gasteiger partial charge >= 0.3 is 29.6 Å². The number of hydrogen-bond donors (Lipinski definition) is 2. The number of benzene rings is 2. The second-order valence-electron chi connectivity index (χ2n) is 4.06. The first-order chi connectivity index (χ1) is 9.44. The first-order valence-corrected chi connectivity index (χ1v) is 7.19. The van der Waals surface area contributed by atoms with E-state index >= 15 is 0 Å². The van der Waals surface area contributed by atoms with E-state index in [0.717, 1.165) is 0 Å². The van der Waals surface area contributed by atoms with E-state index in [1.54, 1.807) is 12.1 Å². The summed E-state index contributed by atoms with van der Waals surface area (Å²) in [5.74, 6) is 0.294. The maximum absolute atomic E-state index is 12.2. The van der Waals surface area contributed by atoms with Crippen LogP contribution in [0.1, 0.15) is 0 Å². The number of hydrogen-bond acceptors (Lipinski definition) is 4. The number of nitrogen functional groups attached to an aromatic ring is 1. The predicted octanol–water partition coefficient (Wildman–Crippen LogP) is -0.234. The van der Waals surface area contributed by atoms with Gasteiger partial charge in [0.1, 0.15) is 5.75 Å². The Labute approximate surface area is 145 Å². The molecule has 0 amide bonds. The van der Waals surface area contributed by atoms with Gasteiger partial charge in [-0.1, -0.05) is 11.8 Å². The smallest absolute Gasteiger partial charge is 0.694 e. The first-order valence-electron chi connectivity index (χ1n) is 5.71. The van der Waals surface area contributed by atoms with Crippen molar-refractivity contribution in [1.82, 2.24) is 0 Å². The van der Waals surface area contributed by atoms with Crippen LogP contribution in [0.25, 0.3) is 5.73 Å². The Morgan fingerprint density at radius 2 is 1.76 bits per heavy atom. The molecule has 0 bridgehead atoms. The van der Waals surface area contributed by atoms with Crippen molar-refractivity contribution in [2.75, 3.05) is 17.6 Å². The van der Waals surface area contributed by atoms with Crippen molar-refractivity contribution in [3.05, 3.63) is 48.2 Å². The van der Waals surface area contributed by atoms with E-state index in [0.29, 0.717) is 11.4 Å². The molecule has 106 valence electrons. The van der Waals surface area contributed by atoms with E-state index in [9.17, 15) is 8.42 Å². The molecular weight excluding hydrogens is 301 g/mol. The van der Waals surface area contributed by atoms with Crippen LogP contribution in [0.15, 0.2) is 47.4 Å². The zero-order chi connectivity index (χ0) is 14.8. The molecule has 8 heteroatoms. The van der Waals surface area contributed by atoms with E-state index in [2.05, 4.69) is 4.72 Å². The van der Waals surface area contributed by atoms with Gasteiger partial charge in [-0.2, -0.15) is 0 Å². The molecule has 0 saturated heterocycles. The van der Waals surface area contributed by atoms with Crippen molar-refractivity contribution in [3.8, 4) is 5.75 Å². The molecule has 2 aromatic carbocycles. The Morgan fingerprint density at radius 1 is 1.14 bits per heavy atom. The van der Waals surface area contributed by atoms with Gasteiger partial charge in [-0.3, -0.25) is 4.72 Å². The summed E-state index contributed by atoms with van der Waals surface area (Å²) < 4.78 is 31.7. The Morgan fingerprint density at radius 3 is 2.33 bits per heavy atom. The summed E-state index contributed by atoms with van der Waals surface area (Å²) in [4.78, 5) is 0.0777. The molecule has 6 nitrogen and oxygen atoms in total. The third-order valence-electron chi connectivity index (χ3n) is 2.68. The number of nitrogens with one attached hydrogen (secondary N) is 2. The van der Waals surface area contributed by atoms with Gasteiger partial charge in [0.2, 0.25) is 0 Å². The largest absolute Gasteiger partial charge is 1.00 e. The van der Waals surface area contributed by atoms with Crippen LogP contribution in [0.3, 0.4) is 0 Å². The average molecular weight is 315 g/mol. The summed E-state index contributed by atoms with van der Waals surface area (Å²) in [6.45, 7) is 0. The minimum Gasteiger partial charge on any atom is -0.694 e. The third kappa shape index (κ3) is 4.04. The SMILES string of the molecule is COc1cccc(NS(=O)(=O)c2ccc(N)cc2)c1[NH-].[Na+]. The van der Waals surface area contributed by atoms with Crippen molar-refractivity contribution in [3.63, 3.8) is 0 Å². The van der Waals surface area contributed by atoms with E-state index in [4.69, 9.17) is 16.2 Å². The number of sulfonamides is 1. The maximum Gasteiger partial charge on any atom is 1.00 e. The van der Waals surface area contributed by atoms with Gasteiger partial charge in [0.15, 0.2) is 0 Å². The van der Waals surface area contributed by atoms with Gasteiger partial charge in [-0.05, 0) is 36.4 Å². The van der Waals surface area contributed by atoms with Crippen LogP contribution in [0.5, 0.6) is 5.75 Å². The third-order valence-corrected chi connectivity index (χ3v) is 4.06. The van der Waals surface area contributed by atoms with Crippen molar-refractivity contribution in [2.45, 2.75) is 4.90 Å². The number of ether oxygens (including phenoxy) is 1. The van der Waals surface area contributed by atoms with Gasteiger partial charge in [0, 0.05) is 11.4 Å². The van der Waals surface area contributed by atoms with E-state index < -0.39 is 10.0 Å². The van der Waals surface area contributed by atoms with Gasteiger partial charge in [-0.15, -0.1) is 0 Å². The van der Waals surface area contributed by atoms with Gasteiger partial charge in [0.05, 0.1) is 12.0 Å². The molecule has 0 radical (unpaired) electrons. The van der Waals surface area contributed by atoms with Gasteiger partial charge in [0.25, 0.3) is 10.0 Å². The fraction of sp³-hybridized carbons (Fsp3) is 0.0769. The molecule has 0 heterocycles. The Hall–Kier alpha value is -1.41. The molecule has 0 aliphatic heterocycles. The van der Waals surface area contributed by atoms with Crippen LogP contribution < -0.4 is 44.7 Å². The van der Waals surface area contributed by atoms with Crippen LogP contribution in [0.4, 0.5) is 17.1 Å². The molecule has 2 rings (SSSR count). The van der Waals surface area contributed by atoms with Crippen molar-refractivity contribution in [1.29, 1.82) is 0 Å². The quantitative estimate of drug-likeness (QED) is 0.600. The standard InChI is InChI=1S/C13H14N3O3S.Na/c1-19-12-4-2-3-11(13(12)15)16-20(17,18)10-7-5-9(14)6-8-10;/h2-8,15-16H,14H2,1H3;/q-1;+1. The number of anilines is 2. The summed E-state index contributed by atoms with van der Waals surface area (Å²) in [6.07, 6.45) is 0. The maximum atomic E-state index is 12.2. The molecule has 0 unspecified atom stereocenters. The minimum absolute atomic E-state index is 0. The molecule has 0 spiro atoms. The van der Waals surface area contributed by atoms with Gasteiger partial charge in [-0.25, -0.2) is 8.42 Å². The fourth-order valence-corrected chi connectivity index (χ4v) is 2.71. The number of methoxy groups -OCH3 is 1. The van der Waals surface area contributed by atoms with Crippen LogP contribution in [0, 0.1) is 0 Å². The normalized spacial score (nSPS) is 10.5. The molecule has 0 aliphatic carbocycles. The minimum atomic E-state index is -3.76. The number of nitrogens with two attached hydrogens (primary N) is 1. The zero-order valence-corrected chi connectivity index (χ0v) is 14.6. The molecule has 0 fully saturated rings. The van der Waals surface area contributed by atoms with E-state index in [-0.39, 0.29) is 45.8 Å².